The molecule has 6 rings (SSSR count). The van der Waals surface area contributed by atoms with Crippen molar-refractivity contribution in [1.82, 2.24) is 0 Å². The number of esters is 1. The summed E-state index contributed by atoms with van der Waals surface area (Å²) in [6.45, 7) is 0. The normalized spacial score (nSPS) is 18.2. The van der Waals surface area contributed by atoms with Crippen LogP contribution in [0.5, 0.6) is 46.0 Å². The van der Waals surface area contributed by atoms with Crippen molar-refractivity contribution in [3.8, 4) is 46.0 Å². The topological polar surface area (TPSA) is 151 Å². The zero-order valence-electron chi connectivity index (χ0n) is 25.1. The Kier molecular flexibility index (Phi) is 7.00. The largest absolute Gasteiger partial charge is 0.496 e. The third-order valence-electron chi connectivity index (χ3n) is 7.94. The highest BCUT2D eigenvalue weighted by Gasteiger charge is 2.52. The summed E-state index contributed by atoms with van der Waals surface area (Å²) in [6.07, 6.45) is -1.03. The summed E-state index contributed by atoms with van der Waals surface area (Å²) >= 11 is 0. The van der Waals surface area contributed by atoms with Gasteiger partial charge >= 0.3 is 11.6 Å². The minimum Gasteiger partial charge on any atom is -0.496 e. The summed E-state index contributed by atoms with van der Waals surface area (Å²) in [7, 11) is 10.1. The average Bonchev–Trinajstić information content (AvgIpc) is 3.38. The second-order valence-corrected chi connectivity index (χ2v) is 10.1. The van der Waals surface area contributed by atoms with Crippen LogP contribution in [0.1, 0.15) is 34.2 Å². The molecule has 232 valence electrons. The van der Waals surface area contributed by atoms with E-state index >= 15 is 0 Å². The number of carbonyl (C=O) groups excluding carboxylic acids is 1. The lowest BCUT2D eigenvalue weighted by molar-refractivity contribution is -0.139. The summed E-state index contributed by atoms with van der Waals surface area (Å²) in [5.74, 6) is -0.233. The number of hydrogen-bond acceptors (Lipinski definition) is 13. The predicted molar refractivity (Wildman–Crippen MR) is 154 cm³/mol. The van der Waals surface area contributed by atoms with E-state index in [1.165, 1.54) is 55.8 Å². The van der Waals surface area contributed by atoms with Gasteiger partial charge in [-0.3, -0.25) is 0 Å². The van der Waals surface area contributed by atoms with Crippen LogP contribution >= 0.6 is 0 Å². The van der Waals surface area contributed by atoms with Crippen molar-refractivity contribution < 1.29 is 56.9 Å². The van der Waals surface area contributed by atoms with E-state index in [1.54, 1.807) is 12.1 Å². The molecule has 1 spiro atoms. The molecule has 44 heavy (non-hydrogen) atoms. The number of rotatable bonds is 7. The molecule has 0 amide bonds. The van der Waals surface area contributed by atoms with Gasteiger partial charge in [0.05, 0.1) is 79.5 Å². The minimum atomic E-state index is -1.47. The SMILES string of the molecule is COC(=O)c1cc2cc3c(c(OC)c2c(=O)o1)OC1(Cc2c(c(OC)c4c(OC)c(OC)cc(OC)c4c2OC)O1)CC3O. The molecule has 3 aromatic carbocycles. The number of aliphatic hydroxyl groups is 1. The van der Waals surface area contributed by atoms with Gasteiger partial charge in [-0.15, -0.1) is 0 Å². The monoisotopic (exact) mass is 610 g/mol. The Morgan fingerprint density at radius 3 is 2.02 bits per heavy atom. The summed E-state index contributed by atoms with van der Waals surface area (Å²) in [6, 6.07) is 4.58. The van der Waals surface area contributed by atoms with E-state index in [1.807, 2.05) is 0 Å². The molecule has 2 unspecified atom stereocenters. The van der Waals surface area contributed by atoms with Crippen molar-refractivity contribution >= 4 is 27.5 Å². The van der Waals surface area contributed by atoms with Gasteiger partial charge in [-0.05, 0) is 17.5 Å². The highest BCUT2D eigenvalue weighted by molar-refractivity contribution is 6.07. The Labute approximate surface area is 250 Å². The first-order chi connectivity index (χ1) is 21.2. The highest BCUT2D eigenvalue weighted by Crippen LogP contribution is 2.60. The first-order valence-electron chi connectivity index (χ1n) is 13.4. The maximum atomic E-state index is 13.1. The first kappa shape index (κ1) is 29.1. The quantitative estimate of drug-likeness (QED) is 0.301. The van der Waals surface area contributed by atoms with E-state index in [0.717, 1.165) is 0 Å². The number of methoxy groups -OCH3 is 7. The van der Waals surface area contributed by atoms with Gasteiger partial charge in [0, 0.05) is 17.2 Å². The first-order valence-corrected chi connectivity index (χ1v) is 13.4. The third-order valence-corrected chi connectivity index (χ3v) is 7.94. The van der Waals surface area contributed by atoms with Crippen LogP contribution in [0.3, 0.4) is 0 Å². The maximum absolute atomic E-state index is 13.1. The fourth-order valence-corrected chi connectivity index (χ4v) is 6.14. The van der Waals surface area contributed by atoms with Crippen molar-refractivity contribution in [2.45, 2.75) is 24.7 Å². The van der Waals surface area contributed by atoms with Gasteiger partial charge in [-0.1, -0.05) is 0 Å². The van der Waals surface area contributed by atoms with Crippen molar-refractivity contribution in [3.63, 3.8) is 0 Å². The molecule has 0 aliphatic carbocycles. The Morgan fingerprint density at radius 1 is 0.773 bits per heavy atom. The molecule has 2 atom stereocenters. The molecule has 0 fully saturated rings. The Balaban J connectivity index is 1.56. The van der Waals surface area contributed by atoms with Crippen LogP contribution in [0.2, 0.25) is 0 Å². The lowest BCUT2D eigenvalue weighted by Gasteiger charge is -2.37. The van der Waals surface area contributed by atoms with Gasteiger partial charge in [0.15, 0.2) is 34.5 Å². The third kappa shape index (κ3) is 4.03. The molecule has 4 aromatic rings. The number of aliphatic hydroxyl groups excluding tert-OH is 1. The van der Waals surface area contributed by atoms with Gasteiger partial charge in [0.1, 0.15) is 16.9 Å². The summed E-state index contributed by atoms with van der Waals surface area (Å²) in [5.41, 5.74) is 0.0803. The van der Waals surface area contributed by atoms with Crippen molar-refractivity contribution in [2.75, 3.05) is 49.8 Å². The van der Waals surface area contributed by atoms with E-state index in [0.29, 0.717) is 61.8 Å². The molecule has 0 saturated carbocycles. The Morgan fingerprint density at radius 2 is 1.41 bits per heavy atom. The molecule has 13 nitrogen and oxygen atoms in total. The van der Waals surface area contributed by atoms with Crippen molar-refractivity contribution in [1.29, 1.82) is 0 Å². The van der Waals surface area contributed by atoms with E-state index in [2.05, 4.69) is 0 Å². The number of fused-ring (bicyclic) bond motifs is 4. The lowest BCUT2D eigenvalue weighted by atomic mass is 9.91. The number of benzene rings is 3. The number of ether oxygens (including phenoxy) is 9. The van der Waals surface area contributed by atoms with Crippen LogP contribution in [-0.4, -0.2) is 66.6 Å². The van der Waals surface area contributed by atoms with Crippen molar-refractivity contribution in [3.05, 3.63) is 45.5 Å². The van der Waals surface area contributed by atoms with Crippen LogP contribution in [0, 0.1) is 0 Å². The standard InChI is InChI=1S/C31H30O13/c1-35-17-10-18(36-2)26(38-4)22-21(17)23(37-3)15-11-31(44-25(15)28(22)40-6)12-16(32)14-8-13-9-19(29(33)41-7)42-30(34)20(13)27(39-5)24(14)43-31/h8-10,16,32H,11-12H2,1-7H3. The van der Waals surface area contributed by atoms with Crippen LogP contribution in [0.15, 0.2) is 27.4 Å². The molecule has 0 radical (unpaired) electrons. The Bertz CT molecular complexity index is 1890. The van der Waals surface area contributed by atoms with E-state index in [9.17, 15) is 14.7 Å². The zero-order chi connectivity index (χ0) is 31.5. The molecule has 2 aliphatic heterocycles. The minimum absolute atomic E-state index is 0.0116. The summed E-state index contributed by atoms with van der Waals surface area (Å²) in [5, 5.41) is 12.8. The second-order valence-electron chi connectivity index (χ2n) is 10.1. The van der Waals surface area contributed by atoms with Gasteiger partial charge < -0.3 is 52.2 Å². The number of carbonyl (C=O) groups is 1. The van der Waals surface area contributed by atoms with Gasteiger partial charge in [0.25, 0.3) is 5.79 Å². The molecular weight excluding hydrogens is 580 g/mol. The van der Waals surface area contributed by atoms with Crippen LogP contribution in [0.25, 0.3) is 21.5 Å². The van der Waals surface area contributed by atoms with E-state index < -0.39 is 23.5 Å². The molecule has 1 N–H and O–H groups in total. The second kappa shape index (κ2) is 10.6. The maximum Gasteiger partial charge on any atom is 0.374 e. The lowest BCUT2D eigenvalue weighted by Crippen LogP contribution is -2.45. The highest BCUT2D eigenvalue weighted by atomic mass is 16.7. The zero-order valence-corrected chi connectivity index (χ0v) is 25.1. The van der Waals surface area contributed by atoms with Crippen LogP contribution in [0.4, 0.5) is 0 Å². The fraction of sp³-hybridized carbons (Fsp3) is 0.355. The Hall–Kier alpha value is -5.04. The predicted octanol–water partition coefficient (Wildman–Crippen LogP) is 3.93. The van der Waals surface area contributed by atoms with Gasteiger partial charge in [-0.2, -0.15) is 0 Å². The average molecular weight is 611 g/mol. The smallest absolute Gasteiger partial charge is 0.374 e. The van der Waals surface area contributed by atoms with E-state index in [-0.39, 0.29) is 35.5 Å². The molecule has 1 aromatic heterocycles. The molecular formula is C31H30O13. The summed E-state index contributed by atoms with van der Waals surface area (Å²) < 4.78 is 57.5. The molecule has 3 heterocycles. The van der Waals surface area contributed by atoms with E-state index in [4.69, 9.17) is 47.0 Å². The van der Waals surface area contributed by atoms with Crippen LogP contribution in [-0.2, 0) is 11.2 Å². The van der Waals surface area contributed by atoms with Crippen LogP contribution < -0.4 is 43.5 Å². The summed E-state index contributed by atoms with van der Waals surface area (Å²) in [4.78, 5) is 25.1. The number of hydrogen-bond donors (Lipinski definition) is 1. The molecule has 0 bridgehead atoms. The fourth-order valence-electron chi connectivity index (χ4n) is 6.14. The van der Waals surface area contributed by atoms with Gasteiger partial charge in [-0.25, -0.2) is 9.59 Å². The molecule has 2 aliphatic rings. The van der Waals surface area contributed by atoms with Gasteiger partial charge in [0.2, 0.25) is 5.76 Å². The molecule has 0 saturated heterocycles. The van der Waals surface area contributed by atoms with Crippen molar-refractivity contribution in [2.24, 2.45) is 0 Å². The molecule has 13 heteroatoms.